The van der Waals surface area contributed by atoms with Crippen LogP contribution in [0.3, 0.4) is 0 Å². The lowest BCUT2D eigenvalue weighted by Crippen LogP contribution is -2.23. The average Bonchev–Trinajstić information content (AvgIpc) is 2.45. The molecule has 1 aliphatic rings. The van der Waals surface area contributed by atoms with Gasteiger partial charge in [-0.2, -0.15) is 0 Å². The largest absolute Gasteiger partial charge is 0.381 e. The molecule has 0 spiro atoms. The molecular weight excluding hydrogens is 245 g/mol. The molecule has 1 saturated heterocycles. The summed E-state index contributed by atoms with van der Waals surface area (Å²) in [6, 6.07) is 4.93. The number of rotatable bonds is 3. The Hall–Kier alpha value is -1.41. The Balaban J connectivity index is 1.93. The predicted molar refractivity (Wildman–Crippen MR) is 71.0 cm³/mol. The van der Waals surface area contributed by atoms with Gasteiger partial charge in [0.2, 0.25) is 0 Å². The van der Waals surface area contributed by atoms with E-state index in [-0.39, 0.29) is 18.5 Å². The summed E-state index contributed by atoms with van der Waals surface area (Å²) >= 11 is 0. The van der Waals surface area contributed by atoms with Gasteiger partial charge < -0.3 is 15.2 Å². The van der Waals surface area contributed by atoms with Crippen LogP contribution in [0.15, 0.2) is 18.2 Å². The molecule has 0 amide bonds. The van der Waals surface area contributed by atoms with Crippen LogP contribution in [0.4, 0.5) is 4.39 Å². The van der Waals surface area contributed by atoms with Crippen LogP contribution in [-0.4, -0.2) is 25.9 Å². The van der Waals surface area contributed by atoms with E-state index >= 15 is 0 Å². The summed E-state index contributed by atoms with van der Waals surface area (Å²) < 4.78 is 24.8. The van der Waals surface area contributed by atoms with Crippen LogP contribution < -0.4 is 5.73 Å². The van der Waals surface area contributed by atoms with Gasteiger partial charge in [-0.1, -0.05) is 17.9 Å². The van der Waals surface area contributed by atoms with Crippen molar-refractivity contribution in [3.05, 3.63) is 35.1 Å². The van der Waals surface area contributed by atoms with Crippen LogP contribution in [-0.2, 0) is 16.1 Å². The maximum absolute atomic E-state index is 13.8. The highest BCUT2D eigenvalue weighted by Crippen LogP contribution is 2.16. The molecule has 1 aromatic carbocycles. The molecule has 0 aromatic heterocycles. The molecule has 0 saturated carbocycles. The molecule has 0 atom stereocenters. The van der Waals surface area contributed by atoms with Crippen LogP contribution in [0.1, 0.15) is 24.0 Å². The highest BCUT2D eigenvalue weighted by molar-refractivity contribution is 5.37. The first-order valence-electron chi connectivity index (χ1n) is 6.46. The first kappa shape index (κ1) is 14.0. The number of hydrogen-bond acceptors (Lipinski definition) is 3. The van der Waals surface area contributed by atoms with Crippen molar-refractivity contribution in [3.63, 3.8) is 0 Å². The second-order valence-corrected chi connectivity index (χ2v) is 4.43. The summed E-state index contributed by atoms with van der Waals surface area (Å²) in [5, 5.41) is 0. The third kappa shape index (κ3) is 4.32. The van der Waals surface area contributed by atoms with E-state index in [1.54, 1.807) is 12.1 Å². The monoisotopic (exact) mass is 263 g/mol. The number of nitrogens with two attached hydrogens (primary N) is 1. The van der Waals surface area contributed by atoms with Crippen molar-refractivity contribution in [3.8, 4) is 11.8 Å². The molecule has 2 N–H and O–H groups in total. The Morgan fingerprint density at radius 3 is 2.84 bits per heavy atom. The van der Waals surface area contributed by atoms with Crippen molar-refractivity contribution in [1.29, 1.82) is 0 Å². The van der Waals surface area contributed by atoms with Gasteiger partial charge in [0.15, 0.2) is 0 Å². The Morgan fingerprint density at radius 1 is 1.37 bits per heavy atom. The zero-order valence-corrected chi connectivity index (χ0v) is 10.8. The lowest BCUT2D eigenvalue weighted by atomic mass is 10.1. The maximum Gasteiger partial charge on any atom is 0.129 e. The fourth-order valence-electron chi connectivity index (χ4n) is 1.95. The zero-order valence-electron chi connectivity index (χ0n) is 10.8. The standard InChI is InChI=1S/C15H18FNO2/c16-15-10-12(2-1-7-17)3-4-13(15)11-19-14-5-8-18-9-6-14/h3-4,10,14H,5-9,11,17H2. The normalized spacial score (nSPS) is 15.9. The van der Waals surface area contributed by atoms with Gasteiger partial charge in [0.1, 0.15) is 5.82 Å². The van der Waals surface area contributed by atoms with E-state index in [0.29, 0.717) is 17.7 Å². The van der Waals surface area contributed by atoms with E-state index in [2.05, 4.69) is 11.8 Å². The van der Waals surface area contributed by atoms with Crippen LogP contribution in [0.25, 0.3) is 0 Å². The SMILES string of the molecule is NCC#Cc1ccc(COC2CCOCC2)c(F)c1. The molecule has 1 heterocycles. The highest BCUT2D eigenvalue weighted by atomic mass is 19.1. The third-order valence-electron chi connectivity index (χ3n) is 3.03. The fraction of sp³-hybridized carbons (Fsp3) is 0.467. The van der Waals surface area contributed by atoms with Crippen molar-refractivity contribution in [2.75, 3.05) is 19.8 Å². The molecule has 1 aromatic rings. The summed E-state index contributed by atoms with van der Waals surface area (Å²) in [6.45, 7) is 2.01. The zero-order chi connectivity index (χ0) is 13.5. The van der Waals surface area contributed by atoms with E-state index < -0.39 is 0 Å². The van der Waals surface area contributed by atoms with E-state index in [4.69, 9.17) is 15.2 Å². The second kappa shape index (κ2) is 7.25. The minimum absolute atomic E-state index is 0.171. The molecule has 2 rings (SSSR count). The van der Waals surface area contributed by atoms with Crippen LogP contribution in [0.2, 0.25) is 0 Å². The van der Waals surface area contributed by atoms with Gasteiger partial charge in [-0.25, -0.2) is 4.39 Å². The van der Waals surface area contributed by atoms with Crippen LogP contribution in [0.5, 0.6) is 0 Å². The molecule has 0 radical (unpaired) electrons. The molecule has 3 nitrogen and oxygen atoms in total. The van der Waals surface area contributed by atoms with Gasteiger partial charge in [0.05, 0.1) is 19.3 Å². The first-order chi connectivity index (χ1) is 9.29. The Bertz CT molecular complexity index is 473. The molecule has 102 valence electrons. The lowest BCUT2D eigenvalue weighted by molar-refractivity contribution is -0.0397. The van der Waals surface area contributed by atoms with E-state index in [9.17, 15) is 4.39 Å². The topological polar surface area (TPSA) is 44.5 Å². The Kier molecular flexibility index (Phi) is 5.34. The predicted octanol–water partition coefficient (Wildman–Crippen LogP) is 1.83. The van der Waals surface area contributed by atoms with Gasteiger partial charge in [-0.15, -0.1) is 0 Å². The molecular formula is C15H18FNO2. The van der Waals surface area contributed by atoms with Crippen molar-refractivity contribution in [2.45, 2.75) is 25.6 Å². The Morgan fingerprint density at radius 2 is 2.16 bits per heavy atom. The van der Waals surface area contributed by atoms with E-state index in [1.807, 2.05) is 0 Å². The van der Waals surface area contributed by atoms with E-state index in [0.717, 1.165) is 26.1 Å². The van der Waals surface area contributed by atoms with Gasteiger partial charge >= 0.3 is 0 Å². The van der Waals surface area contributed by atoms with E-state index in [1.165, 1.54) is 6.07 Å². The summed E-state index contributed by atoms with van der Waals surface area (Å²) in [7, 11) is 0. The maximum atomic E-state index is 13.8. The van der Waals surface area contributed by atoms with Gasteiger partial charge in [-0.05, 0) is 25.0 Å². The second-order valence-electron chi connectivity index (χ2n) is 4.43. The quantitative estimate of drug-likeness (QED) is 0.846. The van der Waals surface area contributed by atoms with Gasteiger partial charge in [0, 0.05) is 24.3 Å². The summed E-state index contributed by atoms with van der Waals surface area (Å²) in [4.78, 5) is 0. The van der Waals surface area contributed by atoms with Crippen LogP contribution >= 0.6 is 0 Å². The smallest absolute Gasteiger partial charge is 0.129 e. The van der Waals surface area contributed by atoms with Gasteiger partial charge in [-0.3, -0.25) is 0 Å². The summed E-state index contributed by atoms with van der Waals surface area (Å²) in [6.07, 6.45) is 1.92. The summed E-state index contributed by atoms with van der Waals surface area (Å²) in [5.74, 6) is 5.22. The lowest BCUT2D eigenvalue weighted by Gasteiger charge is -2.22. The van der Waals surface area contributed by atoms with Crippen LogP contribution in [0, 0.1) is 17.7 Å². The minimum atomic E-state index is -0.282. The fourth-order valence-corrected chi connectivity index (χ4v) is 1.95. The molecule has 0 aliphatic carbocycles. The van der Waals surface area contributed by atoms with Crippen molar-refractivity contribution in [2.24, 2.45) is 5.73 Å². The number of benzene rings is 1. The first-order valence-corrected chi connectivity index (χ1v) is 6.46. The average molecular weight is 263 g/mol. The highest BCUT2D eigenvalue weighted by Gasteiger charge is 2.14. The summed E-state index contributed by atoms with van der Waals surface area (Å²) in [5.41, 5.74) is 6.47. The number of ether oxygens (including phenoxy) is 2. The molecule has 19 heavy (non-hydrogen) atoms. The van der Waals surface area contributed by atoms with Crippen molar-refractivity contribution < 1.29 is 13.9 Å². The molecule has 0 bridgehead atoms. The van der Waals surface area contributed by atoms with Crippen molar-refractivity contribution >= 4 is 0 Å². The van der Waals surface area contributed by atoms with Crippen molar-refractivity contribution in [1.82, 2.24) is 0 Å². The minimum Gasteiger partial charge on any atom is -0.381 e. The molecule has 1 aliphatic heterocycles. The third-order valence-corrected chi connectivity index (χ3v) is 3.03. The van der Waals surface area contributed by atoms with Gasteiger partial charge in [0.25, 0.3) is 0 Å². The molecule has 1 fully saturated rings. The Labute approximate surface area is 112 Å². The number of halogens is 1. The number of hydrogen-bond donors (Lipinski definition) is 1. The molecule has 0 unspecified atom stereocenters. The molecule has 4 heteroatoms.